The number of phosphoric ester groups is 1. The van der Waals surface area contributed by atoms with Gasteiger partial charge in [-0.15, -0.1) is 0 Å². The molecule has 0 aromatic carbocycles. The number of ether oxygens (including phenoxy) is 2. The van der Waals surface area contributed by atoms with Crippen LogP contribution in [0.2, 0.25) is 0 Å². The average Bonchev–Trinajstić information content (AvgIpc) is 3.13. The zero-order chi connectivity index (χ0) is 38.4. The Kier molecular flexibility index (Phi) is 39.6. The van der Waals surface area contributed by atoms with E-state index < -0.39 is 7.82 Å². The molecule has 0 heterocycles. The molecule has 51 heavy (non-hydrogen) atoms. The molecular formula is C42H85O8P. The topological polar surface area (TPSA) is 97.4 Å². The molecular weight excluding hydrogens is 663 g/mol. The van der Waals surface area contributed by atoms with Crippen LogP contribution in [0, 0.1) is 17.8 Å². The minimum atomic E-state index is -3.52. The Hall–Kier alpha value is -0.950. The van der Waals surface area contributed by atoms with E-state index in [4.69, 9.17) is 23.0 Å². The molecule has 0 aromatic rings. The second kappa shape index (κ2) is 38.8. The largest absolute Gasteiger partial charge is 0.474 e. The summed E-state index contributed by atoms with van der Waals surface area (Å²) in [4.78, 5) is 22.7. The standard InChI is InChI=1S/C24H51O4P.C18H34O4/c1-7-13-16-22(10-4)19-26-29(25,27-20-23(11-5)17-14-8-2)28-21-24(12-6)18-15-9-3;1-3-5-15-21-17(19)13-11-9-7-8-10-12-14-18(20)22-16-6-4-2/h22-24H,7-21H2,1-6H3;3-16H2,1-2H3. The van der Waals surface area contributed by atoms with Crippen molar-refractivity contribution in [2.24, 2.45) is 17.8 Å². The summed E-state index contributed by atoms with van der Waals surface area (Å²) in [7, 11) is -3.52. The van der Waals surface area contributed by atoms with Gasteiger partial charge in [0.2, 0.25) is 0 Å². The molecule has 0 aliphatic carbocycles. The van der Waals surface area contributed by atoms with Gasteiger partial charge < -0.3 is 9.47 Å². The predicted molar refractivity (Wildman–Crippen MR) is 214 cm³/mol. The summed E-state index contributed by atoms with van der Waals surface area (Å²) in [6.07, 6.45) is 24.7. The third-order valence-electron chi connectivity index (χ3n) is 9.57. The molecule has 3 atom stereocenters. The maximum atomic E-state index is 13.4. The van der Waals surface area contributed by atoms with Crippen molar-refractivity contribution in [3.63, 3.8) is 0 Å². The molecule has 3 unspecified atom stereocenters. The molecule has 0 fully saturated rings. The van der Waals surface area contributed by atoms with Crippen LogP contribution in [0.1, 0.15) is 209 Å². The van der Waals surface area contributed by atoms with E-state index in [0.717, 1.165) is 103 Å². The summed E-state index contributed by atoms with van der Waals surface area (Å²) in [5.74, 6) is 1.12. The van der Waals surface area contributed by atoms with E-state index in [1.807, 2.05) is 0 Å². The van der Waals surface area contributed by atoms with Gasteiger partial charge in [0.05, 0.1) is 33.0 Å². The summed E-state index contributed by atoms with van der Waals surface area (Å²) >= 11 is 0. The van der Waals surface area contributed by atoms with E-state index in [1.54, 1.807) is 0 Å². The SMILES string of the molecule is CCCCC(CC)COP(=O)(OCC(CC)CCCC)OCC(CC)CCCC.CCCCOC(=O)CCCCCCCCC(=O)OCCCC. The fourth-order valence-electron chi connectivity index (χ4n) is 5.45. The molecule has 306 valence electrons. The highest BCUT2D eigenvalue weighted by Crippen LogP contribution is 2.51. The lowest BCUT2D eigenvalue weighted by Gasteiger charge is -2.25. The molecule has 0 rings (SSSR count). The zero-order valence-electron chi connectivity index (χ0n) is 35.0. The van der Waals surface area contributed by atoms with E-state index in [9.17, 15) is 14.2 Å². The fraction of sp³-hybridized carbons (Fsp3) is 0.952. The first-order valence-electron chi connectivity index (χ1n) is 21.5. The number of carbonyl (C=O) groups excluding carboxylic acids is 2. The Balaban J connectivity index is 0. The first kappa shape index (κ1) is 52.2. The van der Waals surface area contributed by atoms with Gasteiger partial charge in [-0.05, 0) is 62.7 Å². The summed E-state index contributed by atoms with van der Waals surface area (Å²) in [5, 5.41) is 0. The Labute approximate surface area is 316 Å². The highest BCUT2D eigenvalue weighted by Gasteiger charge is 2.30. The van der Waals surface area contributed by atoms with E-state index in [1.165, 1.54) is 38.5 Å². The zero-order valence-corrected chi connectivity index (χ0v) is 35.8. The van der Waals surface area contributed by atoms with Crippen LogP contribution in [0.5, 0.6) is 0 Å². The van der Waals surface area contributed by atoms with Crippen LogP contribution < -0.4 is 0 Å². The number of carbonyl (C=O) groups is 2. The van der Waals surface area contributed by atoms with Gasteiger partial charge in [-0.3, -0.25) is 23.2 Å². The normalized spacial score (nSPS) is 14.2. The van der Waals surface area contributed by atoms with E-state index in [0.29, 0.717) is 63.6 Å². The van der Waals surface area contributed by atoms with Gasteiger partial charge in [-0.1, -0.05) is 152 Å². The van der Waals surface area contributed by atoms with Crippen molar-refractivity contribution >= 4 is 19.8 Å². The molecule has 8 nitrogen and oxygen atoms in total. The molecule has 0 saturated heterocycles. The number of rotatable bonds is 36. The third kappa shape index (κ3) is 34.6. The monoisotopic (exact) mass is 749 g/mol. The van der Waals surface area contributed by atoms with Crippen LogP contribution in [0.25, 0.3) is 0 Å². The molecule has 0 amide bonds. The average molecular weight is 749 g/mol. The van der Waals surface area contributed by atoms with Crippen LogP contribution in [-0.2, 0) is 37.2 Å². The number of hydrogen-bond acceptors (Lipinski definition) is 8. The third-order valence-corrected chi connectivity index (χ3v) is 11.0. The predicted octanol–water partition coefficient (Wildman–Crippen LogP) is 13.6. The van der Waals surface area contributed by atoms with Crippen LogP contribution in [0.4, 0.5) is 0 Å². The minimum Gasteiger partial charge on any atom is -0.466 e. The maximum Gasteiger partial charge on any atom is 0.474 e. The quantitative estimate of drug-likeness (QED) is 0.0355. The smallest absolute Gasteiger partial charge is 0.466 e. The lowest BCUT2D eigenvalue weighted by atomic mass is 10.0. The summed E-state index contributed by atoms with van der Waals surface area (Å²) < 4.78 is 41.3. The Morgan fingerprint density at radius 1 is 0.431 bits per heavy atom. The minimum absolute atomic E-state index is 0.0664. The second-order valence-corrected chi connectivity index (χ2v) is 16.0. The Morgan fingerprint density at radius 3 is 1.00 bits per heavy atom. The van der Waals surface area contributed by atoms with Gasteiger partial charge in [0, 0.05) is 12.8 Å². The lowest BCUT2D eigenvalue weighted by Crippen LogP contribution is -2.16. The molecule has 9 heteroatoms. The number of phosphoric acid groups is 1. The van der Waals surface area contributed by atoms with Crippen molar-refractivity contribution in [2.75, 3.05) is 33.0 Å². The Morgan fingerprint density at radius 2 is 0.725 bits per heavy atom. The van der Waals surface area contributed by atoms with Crippen molar-refractivity contribution < 1.29 is 37.2 Å². The molecule has 0 saturated carbocycles. The van der Waals surface area contributed by atoms with Crippen LogP contribution in [-0.4, -0.2) is 45.0 Å². The highest BCUT2D eigenvalue weighted by atomic mass is 31.2. The number of unbranched alkanes of at least 4 members (excludes halogenated alkanes) is 10. The molecule has 0 N–H and O–H groups in total. The van der Waals surface area contributed by atoms with Crippen molar-refractivity contribution in [3.8, 4) is 0 Å². The van der Waals surface area contributed by atoms with Gasteiger partial charge in [0.25, 0.3) is 0 Å². The first-order valence-corrected chi connectivity index (χ1v) is 23.0. The molecule has 0 aliphatic heterocycles. The number of hydrogen-bond donors (Lipinski definition) is 0. The molecule has 0 bridgehead atoms. The van der Waals surface area contributed by atoms with E-state index in [-0.39, 0.29) is 11.9 Å². The summed E-state index contributed by atoms with van der Waals surface area (Å²) in [6.45, 7) is 19.8. The fourth-order valence-corrected chi connectivity index (χ4v) is 6.85. The number of esters is 2. The van der Waals surface area contributed by atoms with Gasteiger partial charge in [0.15, 0.2) is 0 Å². The van der Waals surface area contributed by atoms with Gasteiger partial charge in [-0.25, -0.2) is 4.57 Å². The van der Waals surface area contributed by atoms with Gasteiger partial charge >= 0.3 is 19.8 Å². The highest BCUT2D eigenvalue weighted by molar-refractivity contribution is 7.48. The van der Waals surface area contributed by atoms with Crippen molar-refractivity contribution in [2.45, 2.75) is 209 Å². The first-order chi connectivity index (χ1) is 24.7. The van der Waals surface area contributed by atoms with Crippen molar-refractivity contribution in [1.29, 1.82) is 0 Å². The van der Waals surface area contributed by atoms with Gasteiger partial charge in [-0.2, -0.15) is 0 Å². The van der Waals surface area contributed by atoms with Crippen molar-refractivity contribution in [3.05, 3.63) is 0 Å². The molecule has 0 spiro atoms. The second-order valence-electron chi connectivity index (χ2n) is 14.4. The Bertz CT molecular complexity index is 723. The van der Waals surface area contributed by atoms with Crippen molar-refractivity contribution in [1.82, 2.24) is 0 Å². The molecule has 0 radical (unpaired) electrons. The molecule has 0 aromatic heterocycles. The van der Waals surface area contributed by atoms with Crippen LogP contribution >= 0.6 is 7.82 Å². The maximum absolute atomic E-state index is 13.4. The van der Waals surface area contributed by atoms with E-state index >= 15 is 0 Å². The lowest BCUT2D eigenvalue weighted by molar-refractivity contribution is -0.144. The molecule has 0 aliphatic rings. The summed E-state index contributed by atoms with van der Waals surface area (Å²) in [6, 6.07) is 0. The van der Waals surface area contributed by atoms with Crippen LogP contribution in [0.15, 0.2) is 0 Å². The summed E-state index contributed by atoms with van der Waals surface area (Å²) in [5.41, 5.74) is 0. The van der Waals surface area contributed by atoms with Gasteiger partial charge in [0.1, 0.15) is 0 Å². The van der Waals surface area contributed by atoms with E-state index in [2.05, 4.69) is 55.4 Å². The van der Waals surface area contributed by atoms with Crippen LogP contribution in [0.3, 0.4) is 0 Å².